The number of hydrogen-bond acceptors (Lipinski definition) is 7. The van der Waals surface area contributed by atoms with Crippen molar-refractivity contribution >= 4 is 96.5 Å². The summed E-state index contributed by atoms with van der Waals surface area (Å²) in [4.78, 5) is 46.6. The average molecular weight is 845 g/mol. The number of carboxylic acids is 1. The molecule has 11 nitrogen and oxygen atoms in total. The fourth-order valence-electron chi connectivity index (χ4n) is 6.39. The molecule has 0 saturated heterocycles. The Bertz CT molecular complexity index is 2950. The first-order valence-electron chi connectivity index (χ1n) is 16.2. The van der Waals surface area contributed by atoms with Gasteiger partial charge in [-0.1, -0.05) is 94.9 Å². The van der Waals surface area contributed by atoms with E-state index in [4.69, 9.17) is 86.0 Å². The number of benzene rings is 4. The van der Waals surface area contributed by atoms with Gasteiger partial charge in [0.2, 0.25) is 0 Å². The molecule has 2 aliphatic rings. The van der Waals surface area contributed by atoms with Crippen molar-refractivity contribution in [2.45, 2.75) is 13.8 Å². The van der Waals surface area contributed by atoms with Crippen molar-refractivity contribution in [2.75, 3.05) is 6.61 Å². The molecule has 4 aromatic carbocycles. The Morgan fingerprint density at radius 2 is 1.15 bits per heavy atom. The minimum absolute atomic E-state index is 0. The van der Waals surface area contributed by atoms with E-state index in [1.807, 2.05) is 48.5 Å². The molecule has 3 aromatic heterocycles. The van der Waals surface area contributed by atoms with Crippen LogP contribution in [0.25, 0.3) is 89.7 Å². The van der Waals surface area contributed by atoms with Crippen molar-refractivity contribution in [3.63, 3.8) is 0 Å². The first-order chi connectivity index (χ1) is 25.4. The van der Waals surface area contributed by atoms with Crippen LogP contribution >= 0.6 is 46.4 Å². The maximum atomic E-state index is 11.8. The Morgan fingerprint density at radius 1 is 0.685 bits per heavy atom. The van der Waals surface area contributed by atoms with Gasteiger partial charge in [0.05, 0.1) is 44.2 Å². The zero-order valence-electron chi connectivity index (χ0n) is 28.2. The molecular formula is C38H23Cl4CuN8O3+. The van der Waals surface area contributed by atoms with Gasteiger partial charge in [0.25, 0.3) is 0 Å². The van der Waals surface area contributed by atoms with Gasteiger partial charge in [-0.3, -0.25) is 9.36 Å². The third kappa shape index (κ3) is 5.59. The first kappa shape index (κ1) is 36.2. The van der Waals surface area contributed by atoms with Crippen LogP contribution in [0.2, 0.25) is 20.1 Å². The molecule has 271 valence electrons. The third-order valence-electron chi connectivity index (χ3n) is 9.30. The first-order valence-corrected chi connectivity index (χ1v) is 17.7. The normalized spacial score (nSPS) is 12.1. The molecule has 1 N–H and O–H groups in total. The van der Waals surface area contributed by atoms with Crippen LogP contribution in [0.5, 0.6) is 5.75 Å². The Labute approximate surface area is 336 Å². The van der Waals surface area contributed by atoms with Gasteiger partial charge in [-0.2, -0.15) is 0 Å². The van der Waals surface area contributed by atoms with Gasteiger partial charge in [-0.15, -0.1) is 0 Å². The fourth-order valence-corrected chi connectivity index (χ4v) is 7.41. The molecule has 0 spiro atoms. The zero-order chi connectivity index (χ0) is 36.9. The smallest absolute Gasteiger partial charge is 0.492 e. The van der Waals surface area contributed by atoms with Gasteiger partial charge in [0.1, 0.15) is 24.0 Å². The quantitative estimate of drug-likeness (QED) is 0.0792. The zero-order valence-corrected chi connectivity index (χ0v) is 32.2. The molecule has 7 aromatic rings. The number of carboxylic acid groups (broad SMARTS) is 1. The molecule has 0 unspecified atom stereocenters. The van der Waals surface area contributed by atoms with E-state index in [9.17, 15) is 9.90 Å². The van der Waals surface area contributed by atoms with Crippen molar-refractivity contribution in [1.82, 2.24) is 34.9 Å². The maximum absolute atomic E-state index is 11.8. The molecule has 2 aliphatic heterocycles. The molecule has 5 heterocycles. The summed E-state index contributed by atoms with van der Waals surface area (Å²) in [6.07, 6.45) is 0. The van der Waals surface area contributed by atoms with Crippen molar-refractivity contribution in [3.05, 3.63) is 86.8 Å². The van der Waals surface area contributed by atoms with Gasteiger partial charge in [0.15, 0.2) is 0 Å². The van der Waals surface area contributed by atoms with Crippen LogP contribution in [0.3, 0.4) is 0 Å². The van der Waals surface area contributed by atoms with Crippen LogP contribution in [0.4, 0.5) is 0 Å². The molecular weight excluding hydrogens is 822 g/mol. The minimum Gasteiger partial charge on any atom is -0.492 e. The number of aromatic nitrogens is 8. The van der Waals surface area contributed by atoms with Crippen LogP contribution in [-0.4, -0.2) is 42.6 Å². The minimum atomic E-state index is -1.13. The second-order valence-electron chi connectivity index (χ2n) is 13.2. The molecule has 8 bridgehead atoms. The standard InChI is InChI=1S/C38H24Cl4N8O3.Cu/c1-38(2,37(51)52)15-53-16-12-13-21-22(14-16)34-47-32(21)45-30-18-9-5-4-8-17(18)29(43-30)44-31-19-10-6-7-11-20(19)33(46-31)48-35-23-24(36(49-34)50(35)3)26(40)28(42)27(41)25(23)39;/h4-14H,15H2,1-3H3,(H2,43,44,45,46,47,48,49,51,52);/q;+2/p-1. The number of aliphatic carboxylic acids is 1. The molecule has 0 fully saturated rings. The Hall–Kier alpha value is -4.81. The molecule has 9 rings (SSSR count). The summed E-state index contributed by atoms with van der Waals surface area (Å²) in [6, 6.07) is 20.6. The number of nitrogens with zero attached hydrogens (tertiary/aromatic N) is 8. The average Bonchev–Trinajstić information content (AvgIpc) is 3.86. The van der Waals surface area contributed by atoms with Gasteiger partial charge in [-0.25, -0.2) is 4.98 Å². The summed E-state index contributed by atoms with van der Waals surface area (Å²) in [5.41, 5.74) is 2.64. The second-order valence-corrected chi connectivity index (χ2v) is 14.7. The molecule has 54 heavy (non-hydrogen) atoms. The largest absolute Gasteiger partial charge is 2.00 e. The maximum Gasteiger partial charge on any atom is 2.00 e. The van der Waals surface area contributed by atoms with Crippen LogP contribution < -0.4 is 19.3 Å². The van der Waals surface area contributed by atoms with E-state index in [0.29, 0.717) is 67.9 Å². The van der Waals surface area contributed by atoms with E-state index >= 15 is 0 Å². The number of rotatable bonds is 4. The molecule has 0 aliphatic carbocycles. The SMILES string of the molecule is C[n+]1c2nc3[n-]c(nc4nc(nc5[n-]c(nc1-c1c(Cl)c(Cl)c(Cl)c(Cl)c1-2)c1cc(OCC(C)(C)C(=O)O)ccc51)-c1ccccc1-4)c1ccccc31.[Cu+2]. The van der Waals surface area contributed by atoms with E-state index < -0.39 is 11.4 Å². The Kier molecular flexibility index (Phi) is 8.84. The Balaban J connectivity index is 0.00000413. The topological polar surface area (TPSA) is 143 Å². The summed E-state index contributed by atoms with van der Waals surface area (Å²) >= 11 is 27.2. The summed E-state index contributed by atoms with van der Waals surface area (Å²) in [6.45, 7) is 3.11. The number of halogens is 4. The summed E-state index contributed by atoms with van der Waals surface area (Å²) in [5, 5.41) is 12.8. The van der Waals surface area contributed by atoms with Gasteiger partial charge in [-0.05, 0) is 53.6 Å². The number of fused-ring (bicyclic) bond motifs is 20. The fraction of sp³-hybridized carbons (Fsp3) is 0.132. The molecule has 0 saturated carbocycles. The van der Waals surface area contributed by atoms with Crippen molar-refractivity contribution < 1.29 is 36.3 Å². The molecule has 0 atom stereocenters. The van der Waals surface area contributed by atoms with Crippen LogP contribution in [0.15, 0.2) is 66.7 Å². The third-order valence-corrected chi connectivity index (χ3v) is 11.1. The van der Waals surface area contributed by atoms with E-state index in [1.165, 1.54) is 0 Å². The van der Waals surface area contributed by atoms with E-state index in [0.717, 1.165) is 21.9 Å². The van der Waals surface area contributed by atoms with E-state index in [2.05, 4.69) is 0 Å². The Morgan fingerprint density at radius 3 is 1.67 bits per heavy atom. The summed E-state index contributed by atoms with van der Waals surface area (Å²) < 4.78 is 7.72. The molecule has 0 amide bonds. The van der Waals surface area contributed by atoms with Crippen LogP contribution in [0, 0.1) is 5.41 Å². The summed E-state index contributed by atoms with van der Waals surface area (Å²) in [5.74, 6) is 0.971. The van der Waals surface area contributed by atoms with Crippen molar-refractivity contribution in [1.29, 1.82) is 0 Å². The molecule has 16 heteroatoms. The monoisotopic (exact) mass is 842 g/mol. The predicted octanol–water partition coefficient (Wildman–Crippen LogP) is 8.66. The van der Waals surface area contributed by atoms with Crippen molar-refractivity contribution in [2.24, 2.45) is 12.5 Å². The van der Waals surface area contributed by atoms with Gasteiger partial charge in [0, 0.05) is 44.8 Å². The molecule has 1 radical (unpaired) electrons. The van der Waals surface area contributed by atoms with Gasteiger partial charge >= 0.3 is 23.0 Å². The van der Waals surface area contributed by atoms with E-state index in [1.54, 1.807) is 43.7 Å². The van der Waals surface area contributed by atoms with Crippen LogP contribution in [-0.2, 0) is 28.9 Å². The van der Waals surface area contributed by atoms with Crippen LogP contribution in [0.1, 0.15) is 13.8 Å². The van der Waals surface area contributed by atoms with E-state index in [-0.39, 0.29) is 49.4 Å². The number of ether oxygens (including phenoxy) is 1. The number of hydrogen-bond donors (Lipinski definition) is 1. The van der Waals surface area contributed by atoms with Crippen molar-refractivity contribution in [3.8, 4) is 51.3 Å². The van der Waals surface area contributed by atoms with Gasteiger partial charge < -0.3 is 39.7 Å². The summed E-state index contributed by atoms with van der Waals surface area (Å²) in [7, 11) is 1.77. The number of carbonyl (C=O) groups is 1. The second kappa shape index (κ2) is 13.2. The predicted molar refractivity (Wildman–Crippen MR) is 204 cm³/mol.